The molecule has 0 amide bonds. The van der Waals surface area contributed by atoms with E-state index in [9.17, 15) is 14.4 Å². The first-order valence-corrected chi connectivity index (χ1v) is 6.02. The molecule has 0 saturated heterocycles. The van der Waals surface area contributed by atoms with E-state index in [4.69, 9.17) is 0 Å². The van der Waals surface area contributed by atoms with Crippen LogP contribution in [0, 0.1) is 12.8 Å². The smallest absolute Gasteiger partial charge is 0.184 e. The quantitative estimate of drug-likeness (QED) is 0.566. The number of aryl methyl sites for hydroxylation is 2. The largest absolute Gasteiger partial charge is 0.298 e. The van der Waals surface area contributed by atoms with Gasteiger partial charge in [-0.1, -0.05) is 13.8 Å². The standard InChI is InChI=1S/C13H18N2O3/c1-5-10(16)12(11(17)6-2)13(18)9-7-15(4)14-8(9)3/h7,12H,5-6H2,1-4H3. The van der Waals surface area contributed by atoms with Crippen molar-refractivity contribution in [3.05, 3.63) is 17.5 Å². The predicted octanol–water partition coefficient (Wildman–Crippen LogP) is 1.49. The number of nitrogens with zero attached hydrogens (tertiary/aromatic N) is 2. The van der Waals surface area contributed by atoms with E-state index in [1.54, 1.807) is 34.0 Å². The van der Waals surface area contributed by atoms with Crippen LogP contribution >= 0.6 is 0 Å². The number of hydrogen-bond acceptors (Lipinski definition) is 4. The van der Waals surface area contributed by atoms with Gasteiger partial charge in [-0.25, -0.2) is 0 Å². The summed E-state index contributed by atoms with van der Waals surface area (Å²) in [6.45, 7) is 5.00. The van der Waals surface area contributed by atoms with Crippen LogP contribution in [-0.2, 0) is 16.6 Å². The van der Waals surface area contributed by atoms with Crippen LogP contribution in [-0.4, -0.2) is 27.1 Å². The number of carbonyl (C=O) groups excluding carboxylic acids is 3. The van der Waals surface area contributed by atoms with E-state index in [1.807, 2.05) is 0 Å². The third kappa shape index (κ3) is 2.72. The molecule has 1 aromatic rings. The van der Waals surface area contributed by atoms with Crippen molar-refractivity contribution in [3.63, 3.8) is 0 Å². The molecule has 0 aliphatic heterocycles. The summed E-state index contributed by atoms with van der Waals surface area (Å²) in [7, 11) is 1.70. The second-order valence-corrected chi connectivity index (χ2v) is 4.24. The minimum absolute atomic E-state index is 0.182. The first-order valence-electron chi connectivity index (χ1n) is 6.02. The molecule has 1 aromatic heterocycles. The van der Waals surface area contributed by atoms with E-state index in [0.717, 1.165) is 0 Å². The average Bonchev–Trinajstić information content (AvgIpc) is 2.67. The third-order valence-electron chi connectivity index (χ3n) is 2.88. The maximum absolute atomic E-state index is 12.3. The van der Waals surface area contributed by atoms with Crippen LogP contribution in [0.5, 0.6) is 0 Å². The zero-order chi connectivity index (χ0) is 13.9. The highest BCUT2D eigenvalue weighted by Crippen LogP contribution is 2.16. The van der Waals surface area contributed by atoms with Gasteiger partial charge in [0.1, 0.15) is 5.92 Å². The van der Waals surface area contributed by atoms with Crippen molar-refractivity contribution in [1.82, 2.24) is 9.78 Å². The van der Waals surface area contributed by atoms with E-state index >= 15 is 0 Å². The Balaban J connectivity index is 3.14. The molecule has 0 bridgehead atoms. The normalized spacial score (nSPS) is 10.7. The number of aromatic nitrogens is 2. The topological polar surface area (TPSA) is 69.0 Å². The van der Waals surface area contributed by atoms with Crippen LogP contribution in [0.3, 0.4) is 0 Å². The average molecular weight is 250 g/mol. The minimum atomic E-state index is -1.16. The van der Waals surface area contributed by atoms with Crippen LogP contribution < -0.4 is 0 Å². The van der Waals surface area contributed by atoms with Gasteiger partial charge in [0.15, 0.2) is 17.3 Å². The van der Waals surface area contributed by atoms with Gasteiger partial charge in [-0.15, -0.1) is 0 Å². The van der Waals surface area contributed by atoms with E-state index in [1.165, 1.54) is 4.68 Å². The molecular formula is C13H18N2O3. The fourth-order valence-corrected chi connectivity index (χ4v) is 1.88. The van der Waals surface area contributed by atoms with Crippen LogP contribution in [0.2, 0.25) is 0 Å². The van der Waals surface area contributed by atoms with Crippen molar-refractivity contribution in [1.29, 1.82) is 0 Å². The molecular weight excluding hydrogens is 232 g/mol. The zero-order valence-corrected chi connectivity index (χ0v) is 11.2. The van der Waals surface area contributed by atoms with Crippen molar-refractivity contribution < 1.29 is 14.4 Å². The van der Waals surface area contributed by atoms with Gasteiger partial charge in [-0.05, 0) is 6.92 Å². The fraction of sp³-hybridized carbons (Fsp3) is 0.538. The molecule has 0 aliphatic carbocycles. The predicted molar refractivity (Wildman–Crippen MR) is 66.4 cm³/mol. The molecule has 98 valence electrons. The number of hydrogen-bond donors (Lipinski definition) is 0. The van der Waals surface area contributed by atoms with E-state index in [-0.39, 0.29) is 24.4 Å². The summed E-state index contributed by atoms with van der Waals surface area (Å²) in [5.74, 6) is -2.24. The summed E-state index contributed by atoms with van der Waals surface area (Å²) in [5, 5.41) is 4.06. The monoisotopic (exact) mass is 250 g/mol. The molecule has 0 aromatic carbocycles. The number of Topliss-reactive ketones (excluding diaryl/α,β-unsaturated/α-hetero) is 3. The summed E-state index contributed by atoms with van der Waals surface area (Å²) in [6.07, 6.45) is 1.92. The van der Waals surface area contributed by atoms with Gasteiger partial charge in [0.25, 0.3) is 0 Å². The first kappa shape index (κ1) is 14.3. The van der Waals surface area contributed by atoms with Gasteiger partial charge >= 0.3 is 0 Å². The summed E-state index contributed by atoms with van der Waals surface area (Å²) in [4.78, 5) is 35.8. The lowest BCUT2D eigenvalue weighted by Gasteiger charge is -2.11. The van der Waals surface area contributed by atoms with Crippen molar-refractivity contribution in [2.75, 3.05) is 0 Å². The molecule has 0 spiro atoms. The lowest BCUT2D eigenvalue weighted by Crippen LogP contribution is -2.31. The van der Waals surface area contributed by atoms with Crippen molar-refractivity contribution in [3.8, 4) is 0 Å². The Morgan fingerprint density at radius 3 is 2.06 bits per heavy atom. The molecule has 5 heteroatoms. The molecule has 0 radical (unpaired) electrons. The Morgan fingerprint density at radius 2 is 1.72 bits per heavy atom. The zero-order valence-electron chi connectivity index (χ0n) is 11.2. The highest BCUT2D eigenvalue weighted by Gasteiger charge is 2.33. The van der Waals surface area contributed by atoms with Gasteiger partial charge in [0.05, 0.1) is 11.3 Å². The maximum Gasteiger partial charge on any atom is 0.184 e. The highest BCUT2D eigenvalue weighted by molar-refractivity contribution is 6.24. The summed E-state index contributed by atoms with van der Waals surface area (Å²) in [6, 6.07) is 0. The van der Waals surface area contributed by atoms with Gasteiger partial charge in [-0.2, -0.15) is 5.10 Å². The van der Waals surface area contributed by atoms with Gasteiger partial charge in [-0.3, -0.25) is 19.1 Å². The van der Waals surface area contributed by atoms with Gasteiger partial charge < -0.3 is 0 Å². The van der Waals surface area contributed by atoms with Crippen molar-refractivity contribution in [2.45, 2.75) is 33.6 Å². The second kappa shape index (κ2) is 5.71. The Bertz CT molecular complexity index is 472. The third-order valence-corrected chi connectivity index (χ3v) is 2.88. The summed E-state index contributed by atoms with van der Waals surface area (Å²) < 4.78 is 1.51. The molecule has 1 heterocycles. The Kier molecular flexibility index (Phi) is 4.53. The van der Waals surface area contributed by atoms with Gasteiger partial charge in [0.2, 0.25) is 0 Å². The molecule has 0 unspecified atom stereocenters. The molecule has 0 saturated carbocycles. The molecule has 1 rings (SSSR count). The number of ketones is 3. The Hall–Kier alpha value is -1.78. The molecule has 0 atom stereocenters. The maximum atomic E-state index is 12.3. The second-order valence-electron chi connectivity index (χ2n) is 4.24. The first-order chi connectivity index (χ1) is 8.42. The van der Waals surface area contributed by atoms with E-state index in [0.29, 0.717) is 11.3 Å². The van der Waals surface area contributed by atoms with E-state index in [2.05, 4.69) is 5.10 Å². The van der Waals surface area contributed by atoms with Crippen LogP contribution in [0.4, 0.5) is 0 Å². The lowest BCUT2D eigenvalue weighted by atomic mass is 9.88. The number of carbonyl (C=O) groups is 3. The molecule has 5 nitrogen and oxygen atoms in total. The van der Waals surface area contributed by atoms with Crippen LogP contribution in [0.1, 0.15) is 42.7 Å². The molecule has 0 fully saturated rings. The summed E-state index contributed by atoms with van der Waals surface area (Å²) in [5.41, 5.74) is 0.895. The summed E-state index contributed by atoms with van der Waals surface area (Å²) >= 11 is 0. The minimum Gasteiger partial charge on any atom is -0.298 e. The van der Waals surface area contributed by atoms with Gasteiger partial charge in [0, 0.05) is 26.1 Å². The Morgan fingerprint density at radius 1 is 1.22 bits per heavy atom. The van der Waals surface area contributed by atoms with Crippen LogP contribution in [0.25, 0.3) is 0 Å². The fourth-order valence-electron chi connectivity index (χ4n) is 1.88. The van der Waals surface area contributed by atoms with Crippen molar-refractivity contribution >= 4 is 17.3 Å². The molecule has 18 heavy (non-hydrogen) atoms. The number of rotatable bonds is 6. The van der Waals surface area contributed by atoms with Crippen molar-refractivity contribution in [2.24, 2.45) is 13.0 Å². The van der Waals surface area contributed by atoms with E-state index < -0.39 is 11.7 Å². The molecule has 0 aliphatic rings. The highest BCUT2D eigenvalue weighted by atomic mass is 16.2. The SMILES string of the molecule is CCC(=O)C(C(=O)CC)C(=O)c1cn(C)nc1C. The Labute approximate surface area is 106 Å². The van der Waals surface area contributed by atoms with Crippen LogP contribution in [0.15, 0.2) is 6.20 Å². The lowest BCUT2D eigenvalue weighted by molar-refractivity contribution is -0.130. The molecule has 0 N–H and O–H groups in total.